The molecule has 0 aliphatic rings. The van der Waals surface area contributed by atoms with Crippen LogP contribution in [0.25, 0.3) is 27.9 Å². The van der Waals surface area contributed by atoms with Crippen LogP contribution in [0, 0.1) is 20.8 Å². The van der Waals surface area contributed by atoms with Gasteiger partial charge in [0.15, 0.2) is 0 Å². The van der Waals surface area contributed by atoms with Crippen LogP contribution in [0.5, 0.6) is 5.75 Å². The molecule has 0 N–H and O–H groups in total. The van der Waals surface area contributed by atoms with Crippen molar-refractivity contribution in [3.8, 4) is 17.1 Å². The SMILES string of the molecule is Cc1ccccc1-c1nc(C)c2c(C)nc3ccc(OC(F)(F)F)cc3n12. The Balaban J connectivity index is 2.09. The highest BCUT2D eigenvalue weighted by Crippen LogP contribution is 2.32. The molecule has 0 bridgehead atoms. The van der Waals surface area contributed by atoms with E-state index < -0.39 is 6.36 Å². The van der Waals surface area contributed by atoms with Gasteiger partial charge in [0.2, 0.25) is 0 Å². The van der Waals surface area contributed by atoms with Crippen LogP contribution < -0.4 is 4.74 Å². The third-order valence-corrected chi connectivity index (χ3v) is 4.49. The molecule has 7 heteroatoms. The third-order valence-electron chi connectivity index (χ3n) is 4.49. The van der Waals surface area contributed by atoms with Crippen molar-refractivity contribution in [2.24, 2.45) is 0 Å². The second-order valence-corrected chi connectivity index (χ2v) is 6.42. The number of fused-ring (bicyclic) bond motifs is 3. The molecule has 0 aliphatic carbocycles. The number of imidazole rings is 1. The molecule has 0 amide bonds. The molecule has 0 saturated carbocycles. The van der Waals surface area contributed by atoms with Gasteiger partial charge in [0, 0.05) is 11.6 Å². The van der Waals surface area contributed by atoms with Crippen LogP contribution in [0.4, 0.5) is 13.2 Å². The summed E-state index contributed by atoms with van der Waals surface area (Å²) >= 11 is 0. The van der Waals surface area contributed by atoms with Crippen LogP contribution in [-0.4, -0.2) is 20.7 Å². The van der Waals surface area contributed by atoms with Crippen LogP contribution >= 0.6 is 0 Å². The first kappa shape index (κ1) is 17.3. The fourth-order valence-corrected chi connectivity index (χ4v) is 3.40. The molecular formula is C20H16F3N3O. The second kappa shape index (κ2) is 5.97. The standard InChI is InChI=1S/C20H16F3N3O/c1-11-6-4-5-7-15(11)19-25-13(3)18-12(2)24-16-9-8-14(27-20(21,22)23)10-17(16)26(18)19/h4-10H,1-3H3. The monoisotopic (exact) mass is 371 g/mol. The molecule has 0 aliphatic heterocycles. The van der Waals surface area contributed by atoms with Gasteiger partial charge in [-0.2, -0.15) is 0 Å². The lowest BCUT2D eigenvalue weighted by Crippen LogP contribution is -2.17. The second-order valence-electron chi connectivity index (χ2n) is 6.42. The summed E-state index contributed by atoms with van der Waals surface area (Å²) in [4.78, 5) is 9.23. The summed E-state index contributed by atoms with van der Waals surface area (Å²) in [5, 5.41) is 0. The lowest BCUT2D eigenvalue weighted by molar-refractivity contribution is -0.274. The van der Waals surface area contributed by atoms with Gasteiger partial charge in [0.25, 0.3) is 0 Å². The van der Waals surface area contributed by atoms with E-state index in [1.54, 1.807) is 0 Å². The molecule has 27 heavy (non-hydrogen) atoms. The van der Waals surface area contributed by atoms with Gasteiger partial charge in [-0.3, -0.25) is 4.40 Å². The van der Waals surface area contributed by atoms with Crippen LogP contribution in [-0.2, 0) is 0 Å². The highest BCUT2D eigenvalue weighted by molar-refractivity contribution is 5.85. The van der Waals surface area contributed by atoms with Gasteiger partial charge in [0.05, 0.1) is 27.9 Å². The van der Waals surface area contributed by atoms with Crippen molar-refractivity contribution in [1.29, 1.82) is 0 Å². The number of aryl methyl sites for hydroxylation is 3. The largest absolute Gasteiger partial charge is 0.573 e. The fraction of sp³-hybridized carbons (Fsp3) is 0.200. The number of hydrogen-bond acceptors (Lipinski definition) is 3. The normalized spacial score (nSPS) is 12.1. The predicted octanol–water partition coefficient (Wildman–Crippen LogP) is 5.37. The molecule has 4 rings (SSSR count). The molecule has 0 radical (unpaired) electrons. The van der Waals surface area contributed by atoms with E-state index in [2.05, 4.69) is 9.72 Å². The van der Waals surface area contributed by atoms with Gasteiger partial charge in [-0.1, -0.05) is 24.3 Å². The van der Waals surface area contributed by atoms with Crippen molar-refractivity contribution >= 4 is 16.6 Å². The molecule has 0 atom stereocenters. The van der Waals surface area contributed by atoms with E-state index in [1.807, 2.05) is 49.4 Å². The smallest absolute Gasteiger partial charge is 0.406 e. The zero-order chi connectivity index (χ0) is 19.3. The van der Waals surface area contributed by atoms with Crippen molar-refractivity contribution in [3.63, 3.8) is 0 Å². The van der Waals surface area contributed by atoms with Crippen LogP contribution in [0.15, 0.2) is 42.5 Å². The third kappa shape index (κ3) is 2.99. The summed E-state index contributed by atoms with van der Waals surface area (Å²) in [6, 6.07) is 11.9. The molecule has 2 heterocycles. The van der Waals surface area contributed by atoms with Gasteiger partial charge in [-0.15, -0.1) is 13.2 Å². The van der Waals surface area contributed by atoms with E-state index in [0.717, 1.165) is 28.0 Å². The van der Waals surface area contributed by atoms with Gasteiger partial charge >= 0.3 is 6.36 Å². The topological polar surface area (TPSA) is 39.4 Å². The Kier molecular flexibility index (Phi) is 3.83. The minimum Gasteiger partial charge on any atom is -0.406 e. The number of nitrogens with zero attached hydrogens (tertiary/aromatic N) is 3. The van der Waals surface area contributed by atoms with Gasteiger partial charge in [0.1, 0.15) is 11.6 Å². The molecule has 0 spiro atoms. The Morgan fingerprint density at radius 2 is 1.63 bits per heavy atom. The van der Waals surface area contributed by atoms with Crippen molar-refractivity contribution in [2.75, 3.05) is 0 Å². The minimum atomic E-state index is -4.76. The van der Waals surface area contributed by atoms with E-state index in [9.17, 15) is 13.2 Å². The van der Waals surface area contributed by atoms with E-state index in [-0.39, 0.29) is 5.75 Å². The first-order valence-corrected chi connectivity index (χ1v) is 8.36. The number of alkyl halides is 3. The molecule has 0 fully saturated rings. The average Bonchev–Trinajstić information content (AvgIpc) is 2.93. The Labute approximate surface area is 153 Å². The van der Waals surface area contributed by atoms with E-state index in [0.29, 0.717) is 16.9 Å². The molecule has 2 aromatic heterocycles. The van der Waals surface area contributed by atoms with Crippen LogP contribution in [0.3, 0.4) is 0 Å². The summed E-state index contributed by atoms with van der Waals surface area (Å²) in [7, 11) is 0. The highest BCUT2D eigenvalue weighted by Gasteiger charge is 2.31. The maximum Gasteiger partial charge on any atom is 0.573 e. The summed E-state index contributed by atoms with van der Waals surface area (Å²) in [6.07, 6.45) is -4.76. The Morgan fingerprint density at radius 3 is 2.33 bits per heavy atom. The number of halogens is 3. The van der Waals surface area contributed by atoms with Crippen LogP contribution in [0.2, 0.25) is 0 Å². The van der Waals surface area contributed by atoms with Crippen molar-refractivity contribution in [3.05, 3.63) is 59.4 Å². The van der Waals surface area contributed by atoms with E-state index in [4.69, 9.17) is 4.98 Å². The van der Waals surface area contributed by atoms with Gasteiger partial charge in [-0.25, -0.2) is 9.97 Å². The molecule has 0 unspecified atom stereocenters. The number of hydrogen-bond donors (Lipinski definition) is 0. The quantitative estimate of drug-likeness (QED) is 0.475. The van der Waals surface area contributed by atoms with Crippen molar-refractivity contribution in [2.45, 2.75) is 27.1 Å². The zero-order valence-electron chi connectivity index (χ0n) is 14.9. The number of benzene rings is 2. The van der Waals surface area contributed by atoms with E-state index >= 15 is 0 Å². The average molecular weight is 371 g/mol. The molecule has 2 aromatic carbocycles. The van der Waals surface area contributed by atoms with Gasteiger partial charge < -0.3 is 4.74 Å². The summed E-state index contributed by atoms with van der Waals surface area (Å²) in [5.74, 6) is 0.379. The minimum absolute atomic E-state index is 0.288. The highest BCUT2D eigenvalue weighted by atomic mass is 19.4. The number of aromatic nitrogens is 3. The summed E-state index contributed by atoms with van der Waals surface area (Å²) < 4.78 is 44.0. The number of rotatable bonds is 2. The zero-order valence-corrected chi connectivity index (χ0v) is 14.9. The van der Waals surface area contributed by atoms with E-state index in [1.165, 1.54) is 18.2 Å². The van der Waals surface area contributed by atoms with Crippen molar-refractivity contribution < 1.29 is 17.9 Å². The Morgan fingerprint density at radius 1 is 0.926 bits per heavy atom. The summed E-state index contributed by atoms with van der Waals surface area (Å²) in [6.45, 7) is 5.71. The Bertz CT molecular complexity index is 1180. The first-order chi connectivity index (χ1) is 12.7. The fourth-order valence-electron chi connectivity index (χ4n) is 3.40. The Hall–Kier alpha value is -3.09. The lowest BCUT2D eigenvalue weighted by atomic mass is 10.1. The van der Waals surface area contributed by atoms with Crippen molar-refractivity contribution in [1.82, 2.24) is 14.4 Å². The molecule has 4 aromatic rings. The lowest BCUT2D eigenvalue weighted by Gasteiger charge is -2.12. The molecule has 4 nitrogen and oxygen atoms in total. The molecule has 138 valence electrons. The molecular weight excluding hydrogens is 355 g/mol. The molecule has 0 saturated heterocycles. The van der Waals surface area contributed by atoms with Gasteiger partial charge in [-0.05, 0) is 38.5 Å². The predicted molar refractivity (Wildman–Crippen MR) is 96.8 cm³/mol. The summed E-state index contributed by atoms with van der Waals surface area (Å²) in [5.41, 5.74) is 5.33. The maximum absolute atomic E-state index is 12.7. The number of ether oxygens (including phenoxy) is 1. The first-order valence-electron chi connectivity index (χ1n) is 8.36. The maximum atomic E-state index is 12.7. The van der Waals surface area contributed by atoms with Crippen LogP contribution in [0.1, 0.15) is 17.0 Å².